The van der Waals surface area contributed by atoms with Gasteiger partial charge in [-0.05, 0) is 71.2 Å². The lowest BCUT2D eigenvalue weighted by molar-refractivity contribution is -0.142. The summed E-state index contributed by atoms with van der Waals surface area (Å²) in [7, 11) is 0. The molecular weight excluding hydrogens is 482 g/mol. The molecule has 1 N–H and O–H groups in total. The zero-order valence-corrected chi connectivity index (χ0v) is 19.8. The third-order valence-electron chi connectivity index (χ3n) is 5.99. The maximum atomic E-state index is 14.4. The van der Waals surface area contributed by atoms with Gasteiger partial charge in [0.25, 0.3) is 0 Å². The third-order valence-corrected chi connectivity index (χ3v) is 5.99. The van der Waals surface area contributed by atoms with Crippen LogP contribution in [0.1, 0.15) is 54.0 Å². The molecule has 8 heteroatoms. The van der Waals surface area contributed by atoms with Crippen LogP contribution in [0, 0.1) is 5.92 Å². The van der Waals surface area contributed by atoms with Crippen LogP contribution in [0.3, 0.4) is 0 Å². The van der Waals surface area contributed by atoms with Crippen LogP contribution in [0.4, 0.5) is 26.3 Å². The van der Waals surface area contributed by atoms with Crippen LogP contribution >= 0.6 is 0 Å². The van der Waals surface area contributed by atoms with Crippen molar-refractivity contribution in [1.82, 2.24) is 0 Å². The van der Waals surface area contributed by atoms with Gasteiger partial charge >= 0.3 is 18.3 Å². The molecule has 0 spiro atoms. The minimum Gasteiger partial charge on any atom is -0.481 e. The summed E-state index contributed by atoms with van der Waals surface area (Å²) in [5.41, 5.74) is -0.676. The molecule has 3 aromatic carbocycles. The number of aryl methyl sites for hydroxylation is 2. The van der Waals surface area contributed by atoms with Crippen LogP contribution in [0.5, 0.6) is 0 Å². The van der Waals surface area contributed by atoms with Crippen molar-refractivity contribution in [3.63, 3.8) is 0 Å². The zero-order chi connectivity index (χ0) is 26.7. The Morgan fingerprint density at radius 1 is 0.806 bits per heavy atom. The Hall–Kier alpha value is -3.29. The Kier molecular flexibility index (Phi) is 8.16. The van der Waals surface area contributed by atoms with Gasteiger partial charge in [0.05, 0.1) is 17.0 Å². The van der Waals surface area contributed by atoms with E-state index in [2.05, 4.69) is 0 Å². The fraction of sp³-hybridized carbons (Fsp3) is 0.321. The Bertz CT molecular complexity index is 1180. The minimum absolute atomic E-state index is 0.0228. The number of benzene rings is 3. The lowest BCUT2D eigenvalue weighted by atomic mass is 9.82. The average molecular weight is 509 g/mol. The van der Waals surface area contributed by atoms with E-state index in [1.165, 1.54) is 24.3 Å². The predicted octanol–water partition coefficient (Wildman–Crippen LogP) is 8.39. The number of halogens is 6. The number of hydrogen-bond acceptors (Lipinski definition) is 1. The van der Waals surface area contributed by atoms with Crippen LogP contribution in [-0.4, -0.2) is 11.1 Å². The van der Waals surface area contributed by atoms with Gasteiger partial charge in [0.15, 0.2) is 0 Å². The van der Waals surface area contributed by atoms with Crippen molar-refractivity contribution in [2.75, 3.05) is 0 Å². The normalized spacial score (nSPS) is 13.1. The number of carboxylic acids is 1. The maximum absolute atomic E-state index is 14.4. The molecule has 0 aromatic heterocycles. The van der Waals surface area contributed by atoms with Gasteiger partial charge in [-0.15, -0.1) is 0 Å². The molecule has 36 heavy (non-hydrogen) atoms. The summed E-state index contributed by atoms with van der Waals surface area (Å²) >= 11 is 0. The Morgan fingerprint density at radius 2 is 1.42 bits per heavy atom. The van der Waals surface area contributed by atoms with E-state index in [0.29, 0.717) is 16.7 Å². The first-order valence-electron chi connectivity index (χ1n) is 11.5. The van der Waals surface area contributed by atoms with Gasteiger partial charge < -0.3 is 5.11 Å². The standard InChI is InChI=1S/C28H26F6O2/c1-17(2)14-24(26(35)36)23-16-21(19-6-4-3-5-7-19)15-20(25(23)28(32,33)34)11-8-18-9-12-22(13-10-18)27(29,30)31/h3-7,9-10,12-13,15-17,24H,8,11,14H2,1-2H3,(H,35,36). The van der Waals surface area contributed by atoms with E-state index in [9.17, 15) is 36.2 Å². The molecule has 0 bridgehead atoms. The molecule has 2 nitrogen and oxygen atoms in total. The first-order valence-corrected chi connectivity index (χ1v) is 11.5. The number of hydrogen-bond donors (Lipinski definition) is 1. The van der Waals surface area contributed by atoms with E-state index in [1.807, 2.05) is 0 Å². The highest BCUT2D eigenvalue weighted by molar-refractivity contribution is 5.79. The number of carbonyl (C=O) groups is 1. The smallest absolute Gasteiger partial charge is 0.416 e. The molecule has 3 aromatic rings. The van der Waals surface area contributed by atoms with Crippen molar-refractivity contribution in [2.24, 2.45) is 5.92 Å². The molecule has 0 saturated heterocycles. The Balaban J connectivity index is 2.13. The summed E-state index contributed by atoms with van der Waals surface area (Å²) in [6.07, 6.45) is -9.37. The number of alkyl halides is 6. The van der Waals surface area contributed by atoms with Crippen LogP contribution in [0.2, 0.25) is 0 Å². The summed E-state index contributed by atoms with van der Waals surface area (Å²) in [6, 6.07) is 15.7. The Labute approximate surface area is 205 Å². The average Bonchev–Trinajstić information content (AvgIpc) is 2.80. The molecule has 0 aliphatic carbocycles. The van der Waals surface area contributed by atoms with Crippen LogP contribution in [0.25, 0.3) is 11.1 Å². The van der Waals surface area contributed by atoms with E-state index in [4.69, 9.17) is 0 Å². The number of carboxylic acid groups (broad SMARTS) is 1. The number of rotatable bonds is 8. The third kappa shape index (κ3) is 6.68. The second-order valence-corrected chi connectivity index (χ2v) is 9.18. The largest absolute Gasteiger partial charge is 0.481 e. The topological polar surface area (TPSA) is 37.3 Å². The van der Waals surface area contributed by atoms with E-state index >= 15 is 0 Å². The fourth-order valence-electron chi connectivity index (χ4n) is 4.31. The van der Waals surface area contributed by atoms with Crippen molar-refractivity contribution < 1.29 is 36.2 Å². The predicted molar refractivity (Wildman–Crippen MR) is 126 cm³/mol. The maximum Gasteiger partial charge on any atom is 0.416 e. The van der Waals surface area contributed by atoms with E-state index < -0.39 is 35.4 Å². The molecule has 0 aliphatic heterocycles. The molecule has 0 saturated carbocycles. The SMILES string of the molecule is CC(C)CC(C(=O)O)c1cc(-c2ccccc2)cc(CCc2ccc(C(F)(F)F)cc2)c1C(F)(F)F. The molecule has 0 radical (unpaired) electrons. The van der Waals surface area contributed by atoms with Crippen molar-refractivity contribution in [3.8, 4) is 11.1 Å². The minimum atomic E-state index is -4.81. The molecule has 0 aliphatic rings. The fourth-order valence-corrected chi connectivity index (χ4v) is 4.31. The van der Waals surface area contributed by atoms with Crippen LogP contribution < -0.4 is 0 Å². The van der Waals surface area contributed by atoms with Gasteiger partial charge in [-0.3, -0.25) is 4.79 Å². The van der Waals surface area contributed by atoms with Crippen LogP contribution in [0.15, 0.2) is 66.7 Å². The second-order valence-electron chi connectivity index (χ2n) is 9.18. The van der Waals surface area contributed by atoms with E-state index in [0.717, 1.165) is 12.1 Å². The van der Waals surface area contributed by atoms with Gasteiger partial charge in [0.1, 0.15) is 0 Å². The molecule has 0 fully saturated rings. The summed E-state index contributed by atoms with van der Waals surface area (Å²) in [6.45, 7) is 3.49. The first-order chi connectivity index (χ1) is 16.8. The highest BCUT2D eigenvalue weighted by Gasteiger charge is 2.40. The highest BCUT2D eigenvalue weighted by atomic mass is 19.4. The molecule has 1 unspecified atom stereocenters. The van der Waals surface area contributed by atoms with Gasteiger partial charge in [-0.2, -0.15) is 26.3 Å². The molecule has 192 valence electrons. The first kappa shape index (κ1) is 27.3. The molecule has 0 heterocycles. The molecular formula is C28H26F6O2. The monoisotopic (exact) mass is 508 g/mol. The quantitative estimate of drug-likeness (QED) is 0.310. The Morgan fingerprint density at radius 3 is 1.92 bits per heavy atom. The van der Waals surface area contributed by atoms with Crippen LogP contribution in [-0.2, 0) is 30.0 Å². The van der Waals surface area contributed by atoms with Crippen molar-refractivity contribution >= 4 is 5.97 Å². The molecule has 3 rings (SSSR count). The van der Waals surface area contributed by atoms with Crippen molar-refractivity contribution in [2.45, 2.75) is 51.4 Å². The van der Waals surface area contributed by atoms with Crippen molar-refractivity contribution in [1.29, 1.82) is 0 Å². The van der Waals surface area contributed by atoms with Crippen molar-refractivity contribution in [3.05, 3.63) is 94.5 Å². The van der Waals surface area contributed by atoms with E-state index in [-0.39, 0.29) is 36.3 Å². The zero-order valence-electron chi connectivity index (χ0n) is 19.8. The second kappa shape index (κ2) is 10.8. The summed E-state index contributed by atoms with van der Waals surface area (Å²) in [4.78, 5) is 12.1. The van der Waals surface area contributed by atoms with Gasteiger partial charge in [-0.1, -0.05) is 62.4 Å². The van der Waals surface area contributed by atoms with E-state index in [1.54, 1.807) is 44.2 Å². The van der Waals surface area contributed by atoms with Gasteiger partial charge in [0.2, 0.25) is 0 Å². The summed E-state index contributed by atoms with van der Waals surface area (Å²) in [5, 5.41) is 9.86. The van der Waals surface area contributed by atoms with Gasteiger partial charge in [0, 0.05) is 0 Å². The lowest BCUT2D eigenvalue weighted by Gasteiger charge is -2.24. The summed E-state index contributed by atoms with van der Waals surface area (Å²) < 4.78 is 81.8. The molecule has 0 amide bonds. The highest BCUT2D eigenvalue weighted by Crippen LogP contribution is 2.42. The summed E-state index contributed by atoms with van der Waals surface area (Å²) in [5.74, 6) is -2.87. The molecule has 1 atom stereocenters. The van der Waals surface area contributed by atoms with Gasteiger partial charge in [-0.25, -0.2) is 0 Å². The number of aliphatic carboxylic acids is 1. The lowest BCUT2D eigenvalue weighted by Crippen LogP contribution is -2.21.